The minimum absolute atomic E-state index is 0.0402. The van der Waals surface area contributed by atoms with Crippen LogP contribution in [0.3, 0.4) is 0 Å². The summed E-state index contributed by atoms with van der Waals surface area (Å²) in [6.07, 6.45) is 0.126. The lowest BCUT2D eigenvalue weighted by molar-refractivity contribution is -0.139. The van der Waals surface area contributed by atoms with Crippen LogP contribution in [0.2, 0.25) is 0 Å². The zero-order chi connectivity index (χ0) is 13.3. The fourth-order valence-corrected chi connectivity index (χ4v) is 1.40. The molecule has 0 saturated heterocycles. The van der Waals surface area contributed by atoms with Crippen LogP contribution in [0.4, 0.5) is 0 Å². The molecule has 0 saturated carbocycles. The molecule has 1 amide bonds. The van der Waals surface area contributed by atoms with Crippen LogP contribution in [0.5, 0.6) is 0 Å². The van der Waals surface area contributed by atoms with Crippen LogP contribution in [0.15, 0.2) is 0 Å². The van der Waals surface area contributed by atoms with E-state index in [1.54, 1.807) is 13.8 Å². The number of aliphatic hydroxyl groups is 1. The summed E-state index contributed by atoms with van der Waals surface area (Å²) in [5.41, 5.74) is -0.554. The average Bonchev–Trinajstić information content (AvgIpc) is 2.14. The number of carboxylic acids is 1. The standard InChI is InChI=1S/C11H21NO5/c1-11(2,8-10(15)16)7-9(14)12-3-5-17-6-4-13/h13H,3-8H2,1-2H3,(H,12,14)(H,15,16). The number of carboxylic acid groups (broad SMARTS) is 1. The Balaban J connectivity index is 3.73. The Morgan fingerprint density at radius 2 is 1.88 bits per heavy atom. The second kappa shape index (κ2) is 8.03. The molecule has 0 bridgehead atoms. The molecule has 0 radical (unpaired) electrons. The van der Waals surface area contributed by atoms with Crippen LogP contribution in [-0.2, 0) is 14.3 Å². The number of rotatable bonds is 9. The van der Waals surface area contributed by atoms with Crippen molar-refractivity contribution >= 4 is 11.9 Å². The van der Waals surface area contributed by atoms with Gasteiger partial charge in [-0.25, -0.2) is 0 Å². The van der Waals surface area contributed by atoms with Crippen LogP contribution < -0.4 is 5.32 Å². The highest BCUT2D eigenvalue weighted by Crippen LogP contribution is 2.24. The number of aliphatic carboxylic acids is 1. The molecule has 6 heteroatoms. The second-order valence-corrected chi connectivity index (χ2v) is 4.60. The van der Waals surface area contributed by atoms with Crippen LogP contribution in [0.25, 0.3) is 0 Å². The van der Waals surface area contributed by atoms with Crippen LogP contribution in [0, 0.1) is 5.41 Å². The number of hydrogen-bond acceptors (Lipinski definition) is 4. The third-order valence-corrected chi connectivity index (χ3v) is 2.07. The van der Waals surface area contributed by atoms with Crippen molar-refractivity contribution in [1.29, 1.82) is 0 Å². The Kier molecular flexibility index (Phi) is 7.49. The topological polar surface area (TPSA) is 95.9 Å². The number of carbonyl (C=O) groups is 2. The fourth-order valence-electron chi connectivity index (χ4n) is 1.40. The van der Waals surface area contributed by atoms with E-state index in [2.05, 4.69) is 5.32 Å². The number of ether oxygens (including phenoxy) is 1. The molecule has 0 heterocycles. The first-order valence-corrected chi connectivity index (χ1v) is 5.54. The van der Waals surface area contributed by atoms with Gasteiger partial charge >= 0.3 is 5.97 Å². The van der Waals surface area contributed by atoms with Gasteiger partial charge in [-0.3, -0.25) is 9.59 Å². The van der Waals surface area contributed by atoms with Gasteiger partial charge in [-0.05, 0) is 5.41 Å². The van der Waals surface area contributed by atoms with Gasteiger partial charge in [0.1, 0.15) is 0 Å². The van der Waals surface area contributed by atoms with Gasteiger partial charge in [0.05, 0.1) is 26.2 Å². The minimum atomic E-state index is -0.908. The molecular formula is C11H21NO5. The van der Waals surface area contributed by atoms with Crippen molar-refractivity contribution in [2.24, 2.45) is 5.41 Å². The molecule has 0 fully saturated rings. The molecule has 0 aromatic rings. The van der Waals surface area contributed by atoms with Crippen LogP contribution >= 0.6 is 0 Å². The molecule has 0 spiro atoms. The van der Waals surface area contributed by atoms with E-state index >= 15 is 0 Å². The minimum Gasteiger partial charge on any atom is -0.481 e. The highest BCUT2D eigenvalue weighted by Gasteiger charge is 2.24. The number of nitrogens with one attached hydrogen (secondary N) is 1. The predicted molar refractivity (Wildman–Crippen MR) is 61.6 cm³/mol. The lowest BCUT2D eigenvalue weighted by Crippen LogP contribution is -2.32. The summed E-state index contributed by atoms with van der Waals surface area (Å²) in [5, 5.41) is 19.7. The van der Waals surface area contributed by atoms with Crippen molar-refractivity contribution in [2.45, 2.75) is 26.7 Å². The second-order valence-electron chi connectivity index (χ2n) is 4.60. The average molecular weight is 247 g/mol. The first kappa shape index (κ1) is 15.9. The largest absolute Gasteiger partial charge is 0.481 e. The van der Waals surface area contributed by atoms with Gasteiger partial charge in [0.25, 0.3) is 0 Å². The zero-order valence-corrected chi connectivity index (χ0v) is 10.4. The van der Waals surface area contributed by atoms with Crippen LogP contribution in [-0.4, -0.2) is 48.5 Å². The van der Waals surface area contributed by atoms with Crippen molar-refractivity contribution in [3.05, 3.63) is 0 Å². The van der Waals surface area contributed by atoms with E-state index in [1.165, 1.54) is 0 Å². The molecular weight excluding hydrogens is 226 g/mol. The fraction of sp³-hybridized carbons (Fsp3) is 0.818. The van der Waals surface area contributed by atoms with E-state index < -0.39 is 11.4 Å². The molecule has 0 unspecified atom stereocenters. The molecule has 0 aliphatic rings. The van der Waals surface area contributed by atoms with Crippen molar-refractivity contribution in [3.8, 4) is 0 Å². The zero-order valence-electron chi connectivity index (χ0n) is 10.4. The molecule has 0 aliphatic carbocycles. The summed E-state index contributed by atoms with van der Waals surface area (Å²) >= 11 is 0. The van der Waals surface area contributed by atoms with Gasteiger partial charge in [0.2, 0.25) is 5.91 Å². The molecule has 17 heavy (non-hydrogen) atoms. The maximum atomic E-state index is 11.5. The van der Waals surface area contributed by atoms with E-state index in [0.29, 0.717) is 13.2 Å². The normalized spacial score (nSPS) is 11.2. The van der Waals surface area contributed by atoms with Gasteiger partial charge < -0.3 is 20.3 Å². The summed E-state index contributed by atoms with van der Waals surface area (Å²) in [6.45, 7) is 4.39. The Bertz CT molecular complexity index is 252. The lowest BCUT2D eigenvalue weighted by Gasteiger charge is -2.21. The SMILES string of the molecule is CC(C)(CC(=O)O)CC(=O)NCCOCCO. The smallest absolute Gasteiger partial charge is 0.303 e. The molecule has 6 nitrogen and oxygen atoms in total. The van der Waals surface area contributed by atoms with Gasteiger partial charge in [-0.1, -0.05) is 13.8 Å². The monoisotopic (exact) mass is 247 g/mol. The first-order chi connectivity index (χ1) is 7.87. The van der Waals surface area contributed by atoms with Crippen LogP contribution in [0.1, 0.15) is 26.7 Å². The van der Waals surface area contributed by atoms with Gasteiger partial charge in [-0.2, -0.15) is 0 Å². The van der Waals surface area contributed by atoms with E-state index in [9.17, 15) is 9.59 Å². The first-order valence-electron chi connectivity index (χ1n) is 5.54. The molecule has 0 aromatic heterocycles. The summed E-state index contributed by atoms with van der Waals surface area (Å²) in [5.74, 6) is -1.10. The Labute approximate surface area is 101 Å². The quantitative estimate of drug-likeness (QED) is 0.498. The van der Waals surface area contributed by atoms with Crippen molar-refractivity contribution < 1.29 is 24.5 Å². The third kappa shape index (κ3) is 9.77. The summed E-state index contributed by atoms with van der Waals surface area (Å²) in [4.78, 5) is 22.0. The van der Waals surface area contributed by atoms with Crippen molar-refractivity contribution in [3.63, 3.8) is 0 Å². The van der Waals surface area contributed by atoms with Crippen molar-refractivity contribution in [2.75, 3.05) is 26.4 Å². The number of amides is 1. The Morgan fingerprint density at radius 1 is 1.24 bits per heavy atom. The maximum absolute atomic E-state index is 11.5. The molecule has 0 rings (SSSR count). The molecule has 0 atom stereocenters. The highest BCUT2D eigenvalue weighted by atomic mass is 16.5. The van der Waals surface area contributed by atoms with Gasteiger partial charge in [0, 0.05) is 13.0 Å². The van der Waals surface area contributed by atoms with Gasteiger partial charge in [0.15, 0.2) is 0 Å². The number of aliphatic hydroxyl groups excluding tert-OH is 1. The summed E-state index contributed by atoms with van der Waals surface area (Å²) in [7, 11) is 0. The predicted octanol–water partition coefficient (Wildman–Crippen LogP) is 0.00250. The highest BCUT2D eigenvalue weighted by molar-refractivity contribution is 5.77. The third-order valence-electron chi connectivity index (χ3n) is 2.07. The van der Waals surface area contributed by atoms with E-state index in [1.807, 2.05) is 0 Å². The number of hydrogen-bond donors (Lipinski definition) is 3. The summed E-state index contributed by atoms with van der Waals surface area (Å²) in [6, 6.07) is 0. The Morgan fingerprint density at radius 3 is 2.41 bits per heavy atom. The maximum Gasteiger partial charge on any atom is 0.303 e. The van der Waals surface area contributed by atoms with E-state index in [4.69, 9.17) is 14.9 Å². The molecule has 0 aliphatic heterocycles. The van der Waals surface area contributed by atoms with Crippen molar-refractivity contribution in [1.82, 2.24) is 5.32 Å². The number of carbonyl (C=O) groups excluding carboxylic acids is 1. The molecule has 3 N–H and O–H groups in total. The Hall–Kier alpha value is -1.14. The van der Waals surface area contributed by atoms with Gasteiger partial charge in [-0.15, -0.1) is 0 Å². The lowest BCUT2D eigenvalue weighted by atomic mass is 9.85. The van der Waals surface area contributed by atoms with E-state index in [-0.39, 0.29) is 32.0 Å². The molecule has 0 aromatic carbocycles. The summed E-state index contributed by atoms with van der Waals surface area (Å²) < 4.78 is 4.97. The van der Waals surface area contributed by atoms with E-state index in [0.717, 1.165) is 0 Å². The molecule has 100 valence electrons.